The number of carbonyl (C=O) groups is 2. The van der Waals surface area contributed by atoms with Gasteiger partial charge in [-0.15, -0.1) is 0 Å². The molecule has 0 spiro atoms. The molecule has 1 saturated heterocycles. The van der Waals surface area contributed by atoms with Crippen molar-refractivity contribution in [1.82, 2.24) is 0 Å². The lowest BCUT2D eigenvalue weighted by Gasteiger charge is -2.28. The van der Waals surface area contributed by atoms with Crippen molar-refractivity contribution < 1.29 is 38.4 Å². The van der Waals surface area contributed by atoms with E-state index in [4.69, 9.17) is 23.7 Å². The van der Waals surface area contributed by atoms with E-state index in [9.17, 15) is 14.7 Å². The monoisotopic (exact) mass is 556 g/mol. The summed E-state index contributed by atoms with van der Waals surface area (Å²) in [6.07, 6.45) is 14.2. The molecule has 4 heterocycles. The van der Waals surface area contributed by atoms with Crippen LogP contribution in [0.15, 0.2) is 60.3 Å². The predicted octanol–water partition coefficient (Wildman–Crippen LogP) is 4.68. The number of rotatable bonds is 4. The minimum absolute atomic E-state index is 0.103. The molecule has 0 aromatic heterocycles. The highest BCUT2D eigenvalue weighted by Crippen LogP contribution is 2.35. The molecule has 4 aliphatic heterocycles. The van der Waals surface area contributed by atoms with Crippen molar-refractivity contribution in [3.8, 4) is 0 Å². The number of ether oxygens (including phenoxy) is 5. The average Bonchev–Trinajstić information content (AvgIpc) is 3.65. The predicted molar refractivity (Wildman–Crippen MR) is 150 cm³/mol. The summed E-state index contributed by atoms with van der Waals surface area (Å²) in [7, 11) is 0. The second-order valence-corrected chi connectivity index (χ2v) is 11.6. The van der Waals surface area contributed by atoms with Gasteiger partial charge in [0, 0.05) is 19.4 Å². The Morgan fingerprint density at radius 3 is 2.77 bits per heavy atom. The van der Waals surface area contributed by atoms with Crippen LogP contribution >= 0.6 is 0 Å². The molecule has 8 heteroatoms. The summed E-state index contributed by atoms with van der Waals surface area (Å²) in [4.78, 5) is 24.9. The average molecular weight is 557 g/mol. The molecule has 2 bridgehead atoms. The lowest BCUT2D eigenvalue weighted by atomic mass is 9.91. The second kappa shape index (κ2) is 14.4. The summed E-state index contributed by atoms with van der Waals surface area (Å²) >= 11 is 0. The van der Waals surface area contributed by atoms with Crippen LogP contribution in [0.1, 0.15) is 65.7 Å². The molecule has 220 valence electrons. The highest BCUT2D eigenvalue weighted by atomic mass is 16.6. The van der Waals surface area contributed by atoms with Crippen LogP contribution in [0.4, 0.5) is 0 Å². The van der Waals surface area contributed by atoms with Crippen molar-refractivity contribution in [1.29, 1.82) is 0 Å². The summed E-state index contributed by atoms with van der Waals surface area (Å²) in [5, 5.41) is 10.9. The maximum atomic E-state index is 12.9. The molecule has 0 amide bonds. The normalized spacial score (nSPS) is 37.4. The molecule has 0 aromatic rings. The van der Waals surface area contributed by atoms with Gasteiger partial charge in [-0.05, 0) is 57.4 Å². The van der Waals surface area contributed by atoms with Crippen molar-refractivity contribution in [3.05, 3.63) is 60.3 Å². The molecule has 0 aromatic carbocycles. The number of carbonyl (C=O) groups excluding carboxylic acids is 2. The molecule has 1 unspecified atom stereocenters. The van der Waals surface area contributed by atoms with E-state index >= 15 is 0 Å². The molecule has 9 atom stereocenters. The second-order valence-electron chi connectivity index (χ2n) is 11.6. The Hall–Kier alpha value is -2.52. The Kier molecular flexibility index (Phi) is 11.0. The molecule has 8 nitrogen and oxygen atoms in total. The number of aliphatic hydroxyl groups excluding tert-OH is 1. The molecule has 4 aliphatic rings. The summed E-state index contributed by atoms with van der Waals surface area (Å²) in [6.45, 7) is 10.3. The fraction of sp³-hybridized carbons (Fsp3) is 0.625. The first-order valence-electron chi connectivity index (χ1n) is 14.5. The Morgan fingerprint density at radius 1 is 1.18 bits per heavy atom. The van der Waals surface area contributed by atoms with E-state index in [0.29, 0.717) is 25.4 Å². The SMILES string of the molecule is C=C1C[C@H](C)C[C@@H]2CC=C[C@@H](C/C=C\C(=O)O[C@H](C(/C=C/[C@@H]3CC(C)=CCO3)OC(C)=O)C[C@@H]3O[C@H]3[C@@H](O)C1)O2. The van der Waals surface area contributed by atoms with Crippen molar-refractivity contribution in [2.75, 3.05) is 6.61 Å². The third kappa shape index (κ3) is 9.54. The van der Waals surface area contributed by atoms with E-state index in [1.54, 1.807) is 12.2 Å². The Bertz CT molecular complexity index is 1030. The molecule has 4 rings (SSSR count). The molecular weight excluding hydrogens is 512 g/mol. The topological polar surface area (TPSA) is 104 Å². The summed E-state index contributed by atoms with van der Waals surface area (Å²) < 4.78 is 29.3. The summed E-state index contributed by atoms with van der Waals surface area (Å²) in [5.41, 5.74) is 2.20. The van der Waals surface area contributed by atoms with Crippen LogP contribution in [0.3, 0.4) is 0 Å². The van der Waals surface area contributed by atoms with E-state index in [-0.39, 0.29) is 30.8 Å². The van der Waals surface area contributed by atoms with Gasteiger partial charge in [-0.3, -0.25) is 4.79 Å². The molecule has 0 radical (unpaired) electrons. The zero-order chi connectivity index (χ0) is 28.6. The van der Waals surface area contributed by atoms with Gasteiger partial charge in [0.25, 0.3) is 0 Å². The van der Waals surface area contributed by atoms with E-state index in [1.807, 2.05) is 25.2 Å². The third-order valence-electron chi connectivity index (χ3n) is 7.72. The van der Waals surface area contributed by atoms with Gasteiger partial charge in [-0.25, -0.2) is 4.79 Å². The Morgan fingerprint density at radius 2 is 2.00 bits per heavy atom. The van der Waals surface area contributed by atoms with Gasteiger partial charge >= 0.3 is 11.9 Å². The first-order valence-corrected chi connectivity index (χ1v) is 14.5. The maximum absolute atomic E-state index is 12.9. The zero-order valence-corrected chi connectivity index (χ0v) is 23.9. The fourth-order valence-corrected chi connectivity index (χ4v) is 5.75. The van der Waals surface area contributed by atoms with Gasteiger partial charge in [0.2, 0.25) is 0 Å². The van der Waals surface area contributed by atoms with Crippen molar-refractivity contribution in [2.24, 2.45) is 5.92 Å². The molecule has 0 saturated carbocycles. The van der Waals surface area contributed by atoms with Gasteiger partial charge in [-0.1, -0.05) is 55.0 Å². The standard InChI is InChI=1S/C32H44O8/c1-20-13-14-36-25(16-20)11-12-28(37-23(4)33)29-19-30-32(40-30)27(34)18-22(3)15-21(2)17-26-9-5-7-24(38-26)8-6-10-31(35)39-29/h5-7,10-13,21,24-30,32,34H,3,8-9,14-19H2,1-2,4H3/b10-6-,12-11+/t21-,24-,25+,26-,27-,28?,29-,30-,32-/m0/s1. The molecule has 40 heavy (non-hydrogen) atoms. The number of epoxide rings is 1. The number of hydrogen-bond acceptors (Lipinski definition) is 8. The summed E-state index contributed by atoms with van der Waals surface area (Å²) in [5.74, 6) is -0.665. The fourth-order valence-electron chi connectivity index (χ4n) is 5.75. The van der Waals surface area contributed by atoms with Gasteiger partial charge in [0.1, 0.15) is 12.2 Å². The van der Waals surface area contributed by atoms with Gasteiger partial charge in [0.05, 0.1) is 37.1 Å². The summed E-state index contributed by atoms with van der Waals surface area (Å²) in [6, 6.07) is 0. The minimum Gasteiger partial charge on any atom is -0.455 e. The van der Waals surface area contributed by atoms with Crippen LogP contribution in [0.25, 0.3) is 0 Å². The van der Waals surface area contributed by atoms with Gasteiger partial charge in [0.15, 0.2) is 6.10 Å². The van der Waals surface area contributed by atoms with Crippen molar-refractivity contribution in [2.45, 2.75) is 115 Å². The lowest BCUT2D eigenvalue weighted by molar-refractivity contribution is -0.160. The smallest absolute Gasteiger partial charge is 0.330 e. The molecule has 1 N–H and O–H groups in total. The van der Waals surface area contributed by atoms with E-state index in [2.05, 4.69) is 19.6 Å². The van der Waals surface area contributed by atoms with Gasteiger partial charge in [-0.2, -0.15) is 0 Å². The maximum Gasteiger partial charge on any atom is 0.330 e. The van der Waals surface area contributed by atoms with Crippen LogP contribution in [0, 0.1) is 5.92 Å². The number of cyclic esters (lactones) is 1. The number of hydrogen-bond donors (Lipinski definition) is 1. The van der Waals surface area contributed by atoms with E-state index < -0.39 is 36.4 Å². The number of esters is 2. The lowest BCUT2D eigenvalue weighted by Crippen LogP contribution is -2.35. The number of aliphatic hydroxyl groups is 1. The molecular formula is C32H44O8. The minimum atomic E-state index is -0.835. The van der Waals surface area contributed by atoms with Crippen LogP contribution < -0.4 is 0 Å². The Labute approximate surface area is 237 Å². The van der Waals surface area contributed by atoms with Crippen LogP contribution in [0.5, 0.6) is 0 Å². The highest BCUT2D eigenvalue weighted by Gasteiger charge is 2.47. The Balaban J connectivity index is 1.52. The van der Waals surface area contributed by atoms with Crippen LogP contribution in [-0.4, -0.2) is 72.5 Å². The molecule has 1 fully saturated rings. The number of fused-ring (bicyclic) bond motifs is 3. The molecule has 0 aliphatic carbocycles. The van der Waals surface area contributed by atoms with Gasteiger partial charge < -0.3 is 28.8 Å². The first-order chi connectivity index (χ1) is 19.2. The largest absolute Gasteiger partial charge is 0.455 e. The zero-order valence-electron chi connectivity index (χ0n) is 23.9. The van der Waals surface area contributed by atoms with E-state index in [0.717, 1.165) is 31.3 Å². The first kappa shape index (κ1) is 30.4. The van der Waals surface area contributed by atoms with E-state index in [1.165, 1.54) is 18.6 Å². The van der Waals surface area contributed by atoms with Crippen molar-refractivity contribution >= 4 is 11.9 Å². The third-order valence-corrected chi connectivity index (χ3v) is 7.72. The quantitative estimate of drug-likeness (QED) is 0.303. The van der Waals surface area contributed by atoms with Crippen LogP contribution in [0.2, 0.25) is 0 Å². The highest BCUT2D eigenvalue weighted by molar-refractivity contribution is 5.82. The van der Waals surface area contributed by atoms with Crippen molar-refractivity contribution in [3.63, 3.8) is 0 Å². The van der Waals surface area contributed by atoms with Crippen LogP contribution in [-0.2, 0) is 33.3 Å².